The number of amides is 1. The third-order valence-corrected chi connectivity index (χ3v) is 7.43. The molecule has 1 amide bonds. The predicted octanol–water partition coefficient (Wildman–Crippen LogP) is 3.21. The summed E-state index contributed by atoms with van der Waals surface area (Å²) in [6.45, 7) is 9.86. The van der Waals surface area contributed by atoms with Crippen LogP contribution in [0, 0.1) is 22.7 Å². The van der Waals surface area contributed by atoms with E-state index >= 15 is 0 Å². The lowest BCUT2D eigenvalue weighted by Gasteiger charge is -2.35. The Balaban J connectivity index is 1.57. The van der Waals surface area contributed by atoms with Gasteiger partial charge in [-0.3, -0.25) is 9.48 Å². The van der Waals surface area contributed by atoms with Crippen molar-refractivity contribution in [3.8, 4) is 6.07 Å². The summed E-state index contributed by atoms with van der Waals surface area (Å²) in [5.41, 5.74) is 0.103. The van der Waals surface area contributed by atoms with Gasteiger partial charge in [-0.2, -0.15) is 10.4 Å². The van der Waals surface area contributed by atoms with Crippen molar-refractivity contribution in [3.05, 3.63) is 12.7 Å². The fourth-order valence-electron chi connectivity index (χ4n) is 5.84. The lowest BCUT2D eigenvalue weighted by molar-refractivity contribution is -0.564. The van der Waals surface area contributed by atoms with Gasteiger partial charge in [-0.15, -0.1) is 0 Å². The van der Waals surface area contributed by atoms with Gasteiger partial charge in [-0.05, 0) is 31.6 Å². The minimum Gasteiger partial charge on any atom is -0.318 e. The minimum absolute atomic E-state index is 0.0240. The summed E-state index contributed by atoms with van der Waals surface area (Å²) in [5.74, 6) is 0.415. The van der Waals surface area contributed by atoms with Crippen LogP contribution in [0.5, 0.6) is 0 Å². The van der Waals surface area contributed by atoms with Gasteiger partial charge in [-0.1, -0.05) is 26.7 Å². The normalized spacial score (nSPS) is 30.5. The van der Waals surface area contributed by atoms with Gasteiger partial charge < -0.3 is 4.90 Å². The Morgan fingerprint density at radius 1 is 1.42 bits per heavy atom. The largest absolute Gasteiger partial charge is 0.318 e. The smallest absolute Gasteiger partial charge is 0.289 e. The Morgan fingerprint density at radius 2 is 2.23 bits per heavy atom. The first-order valence-electron chi connectivity index (χ1n) is 11.6. The van der Waals surface area contributed by atoms with Crippen LogP contribution in [-0.4, -0.2) is 68.2 Å². The Hall–Kier alpha value is -2.30. The fourth-order valence-corrected chi connectivity index (χ4v) is 5.84. The minimum atomic E-state index is -1.11. The third-order valence-electron chi connectivity index (χ3n) is 7.43. The van der Waals surface area contributed by atoms with Crippen LogP contribution in [0.25, 0.3) is 0 Å². The number of aromatic nitrogens is 3. The summed E-state index contributed by atoms with van der Waals surface area (Å²) in [6.07, 6.45) is 10.1. The average molecular weight is 432 g/mol. The lowest BCUT2D eigenvalue weighted by Crippen LogP contribution is -2.46. The highest BCUT2D eigenvalue weighted by atomic mass is 19.1. The number of nitrogens with zero attached hydrogens (tertiary/aromatic N) is 6. The second kappa shape index (κ2) is 10.3. The molecular weight excluding hydrogens is 395 g/mol. The van der Waals surface area contributed by atoms with Crippen molar-refractivity contribution in [2.75, 3.05) is 13.1 Å². The van der Waals surface area contributed by atoms with Crippen molar-refractivity contribution < 1.29 is 13.8 Å². The van der Waals surface area contributed by atoms with Crippen molar-refractivity contribution in [1.29, 1.82) is 5.26 Å². The molecule has 0 aromatic carbocycles. The number of likely N-dealkylation sites (tertiary alicyclic amines) is 1. The Kier molecular flexibility index (Phi) is 7.79. The summed E-state index contributed by atoms with van der Waals surface area (Å²) >= 11 is 0. The van der Waals surface area contributed by atoms with Crippen LogP contribution in [0.3, 0.4) is 0 Å². The quantitative estimate of drug-likeness (QED) is 0.324. The first-order valence-corrected chi connectivity index (χ1v) is 11.6. The molecule has 1 aliphatic heterocycles. The van der Waals surface area contributed by atoms with Gasteiger partial charge >= 0.3 is 0 Å². The number of alkyl halides is 1. The van der Waals surface area contributed by atoms with Crippen LogP contribution in [-0.2, 0) is 11.3 Å². The number of carbonyl (C=O) groups excluding carboxylic acids is 1. The zero-order valence-electron chi connectivity index (χ0n) is 18.9. The van der Waals surface area contributed by atoms with Crippen molar-refractivity contribution in [3.63, 3.8) is 0 Å². The molecule has 0 bridgehead atoms. The summed E-state index contributed by atoms with van der Waals surface area (Å²) < 4.78 is 17.5. The van der Waals surface area contributed by atoms with Crippen LogP contribution in [0.4, 0.5) is 4.39 Å². The van der Waals surface area contributed by atoms with E-state index in [4.69, 9.17) is 0 Å². The molecule has 2 heterocycles. The molecule has 1 saturated heterocycles. The zero-order chi connectivity index (χ0) is 22.4. The van der Waals surface area contributed by atoms with Gasteiger partial charge in [0, 0.05) is 24.8 Å². The van der Waals surface area contributed by atoms with E-state index in [1.807, 2.05) is 9.26 Å². The Labute approximate surface area is 184 Å². The fraction of sp³-hybridized carbons (Fsp3) is 0.783. The van der Waals surface area contributed by atoms with Crippen LogP contribution in [0.2, 0.25) is 0 Å². The van der Waals surface area contributed by atoms with E-state index in [1.165, 1.54) is 4.90 Å². The molecule has 3 rings (SSSR count). The molecule has 1 saturated carbocycles. The zero-order valence-corrected chi connectivity index (χ0v) is 18.9. The summed E-state index contributed by atoms with van der Waals surface area (Å²) in [4.78, 5) is 18.2. The summed E-state index contributed by atoms with van der Waals surface area (Å²) in [5, 5.41) is 13.4. The van der Waals surface area contributed by atoms with E-state index in [0.29, 0.717) is 5.92 Å². The Morgan fingerprint density at radius 3 is 2.90 bits per heavy atom. The monoisotopic (exact) mass is 431 g/mol. The molecule has 170 valence electrons. The Bertz CT molecular complexity index is 790. The highest BCUT2D eigenvalue weighted by Crippen LogP contribution is 2.50. The van der Waals surface area contributed by atoms with Crippen LogP contribution < -0.4 is 0 Å². The number of halogens is 1. The molecule has 1 aliphatic carbocycles. The molecule has 7 nitrogen and oxygen atoms in total. The summed E-state index contributed by atoms with van der Waals surface area (Å²) in [7, 11) is 0. The topological polar surface area (TPSA) is 77.8 Å². The predicted molar refractivity (Wildman–Crippen MR) is 116 cm³/mol. The standard InChI is InChI=1S/C23H36FN6O/c1-4-10-23(2)18(7-5-6-11-29-17-26-16-27-29)8-9-21(23)28(3)15-22(31)30-14-19(24)12-20(30)13-25/h16-21H,3-12,14-15H2,1-2H3/q+1. The lowest BCUT2D eigenvalue weighted by atomic mass is 9.71. The van der Waals surface area contributed by atoms with Crippen molar-refractivity contribution in [2.45, 2.75) is 90.0 Å². The molecule has 0 radical (unpaired) electrons. The van der Waals surface area contributed by atoms with Gasteiger partial charge in [0.25, 0.3) is 5.91 Å². The van der Waals surface area contributed by atoms with E-state index in [1.54, 1.807) is 12.7 Å². The molecule has 5 atom stereocenters. The van der Waals surface area contributed by atoms with Gasteiger partial charge in [0.2, 0.25) is 6.54 Å². The molecule has 0 N–H and O–H groups in total. The molecule has 8 heteroatoms. The molecule has 0 spiro atoms. The van der Waals surface area contributed by atoms with Crippen LogP contribution >= 0.6 is 0 Å². The number of nitriles is 1. The molecule has 5 unspecified atom stereocenters. The molecule has 1 aromatic heterocycles. The maximum Gasteiger partial charge on any atom is 0.289 e. The highest BCUT2D eigenvalue weighted by Gasteiger charge is 2.51. The number of hydrogen-bond acceptors (Lipinski definition) is 4. The van der Waals surface area contributed by atoms with E-state index in [-0.39, 0.29) is 36.9 Å². The van der Waals surface area contributed by atoms with Gasteiger partial charge in [0.1, 0.15) is 31.6 Å². The van der Waals surface area contributed by atoms with Gasteiger partial charge in [0.05, 0.1) is 12.6 Å². The maximum absolute atomic E-state index is 13.7. The number of aryl methyl sites for hydroxylation is 1. The number of hydrogen-bond donors (Lipinski definition) is 0. The number of unbranched alkanes of at least 4 members (excludes halogenated alkanes) is 1. The molecular formula is C23H36FN6O+. The van der Waals surface area contributed by atoms with E-state index in [2.05, 4.69) is 36.7 Å². The van der Waals surface area contributed by atoms with Crippen molar-refractivity contribution >= 4 is 12.6 Å². The van der Waals surface area contributed by atoms with E-state index in [9.17, 15) is 14.4 Å². The first kappa shape index (κ1) is 23.4. The van der Waals surface area contributed by atoms with Crippen molar-refractivity contribution in [1.82, 2.24) is 19.7 Å². The molecule has 2 aliphatic rings. The third kappa shape index (κ3) is 5.31. The van der Waals surface area contributed by atoms with E-state index in [0.717, 1.165) is 51.5 Å². The van der Waals surface area contributed by atoms with Gasteiger partial charge in [-0.25, -0.2) is 13.9 Å². The second-order valence-electron chi connectivity index (χ2n) is 9.47. The second-order valence-corrected chi connectivity index (χ2v) is 9.47. The highest BCUT2D eigenvalue weighted by molar-refractivity contribution is 5.78. The molecule has 2 fully saturated rings. The summed E-state index contributed by atoms with van der Waals surface area (Å²) in [6, 6.07) is 1.64. The number of carbonyl (C=O) groups is 1. The van der Waals surface area contributed by atoms with Gasteiger partial charge in [0.15, 0.2) is 6.04 Å². The molecule has 31 heavy (non-hydrogen) atoms. The van der Waals surface area contributed by atoms with Crippen LogP contribution in [0.15, 0.2) is 12.7 Å². The van der Waals surface area contributed by atoms with E-state index < -0.39 is 12.2 Å². The average Bonchev–Trinajstić information content (AvgIpc) is 3.45. The van der Waals surface area contributed by atoms with Crippen molar-refractivity contribution in [2.24, 2.45) is 11.3 Å². The number of rotatable bonds is 10. The first-order chi connectivity index (χ1) is 14.9. The SMILES string of the molecule is C=[N+](CC(=O)N1CC(F)CC1C#N)C1CCC(CCCCn2cncn2)C1(C)CCC. The van der Waals surface area contributed by atoms with Crippen LogP contribution in [0.1, 0.15) is 65.2 Å². The maximum atomic E-state index is 13.7. The molecule has 1 aromatic rings.